The van der Waals surface area contributed by atoms with Crippen LogP contribution >= 0.6 is 0 Å². The lowest BCUT2D eigenvalue weighted by atomic mass is 10.0. The van der Waals surface area contributed by atoms with Gasteiger partial charge in [-0.3, -0.25) is 0 Å². The van der Waals surface area contributed by atoms with Crippen LogP contribution in [0.15, 0.2) is 48.5 Å². The van der Waals surface area contributed by atoms with Gasteiger partial charge < -0.3 is 14.2 Å². The molecule has 1 heterocycles. The second-order valence-electron chi connectivity index (χ2n) is 4.87. The van der Waals surface area contributed by atoms with Crippen molar-refractivity contribution < 1.29 is 14.2 Å². The molecule has 0 radical (unpaired) electrons. The van der Waals surface area contributed by atoms with Crippen molar-refractivity contribution in [1.29, 1.82) is 0 Å². The summed E-state index contributed by atoms with van der Waals surface area (Å²) in [6.45, 7) is 0.991. The largest absolute Gasteiger partial charge is 0.490 e. The molecule has 3 heteroatoms. The zero-order valence-electron chi connectivity index (χ0n) is 11.5. The van der Waals surface area contributed by atoms with Gasteiger partial charge in [-0.15, -0.1) is 0 Å². The van der Waals surface area contributed by atoms with Gasteiger partial charge in [0.2, 0.25) is 0 Å². The van der Waals surface area contributed by atoms with Crippen LogP contribution < -0.4 is 9.47 Å². The van der Waals surface area contributed by atoms with Gasteiger partial charge in [0, 0.05) is 13.5 Å². The smallest absolute Gasteiger partial charge is 0.125 e. The van der Waals surface area contributed by atoms with Gasteiger partial charge in [-0.1, -0.05) is 36.4 Å². The lowest BCUT2D eigenvalue weighted by Gasteiger charge is -2.22. The van der Waals surface area contributed by atoms with E-state index in [4.69, 9.17) is 14.2 Å². The van der Waals surface area contributed by atoms with Crippen LogP contribution in [-0.2, 0) is 11.2 Å². The van der Waals surface area contributed by atoms with E-state index in [1.165, 1.54) is 11.1 Å². The summed E-state index contributed by atoms with van der Waals surface area (Å²) in [7, 11) is 1.68. The first-order valence-electron chi connectivity index (χ1n) is 6.81. The van der Waals surface area contributed by atoms with Gasteiger partial charge in [0.15, 0.2) is 0 Å². The van der Waals surface area contributed by atoms with Crippen LogP contribution in [-0.4, -0.2) is 26.4 Å². The minimum Gasteiger partial charge on any atom is -0.490 e. The highest BCUT2D eigenvalue weighted by atomic mass is 16.6. The van der Waals surface area contributed by atoms with Crippen LogP contribution in [0.3, 0.4) is 0 Å². The average molecular weight is 270 g/mol. The average Bonchev–Trinajstić information content (AvgIpc) is 2.50. The number of methoxy groups -OCH3 is 1. The fraction of sp³-hybridized carbons (Fsp3) is 0.294. The van der Waals surface area contributed by atoms with Crippen molar-refractivity contribution in [1.82, 2.24) is 0 Å². The summed E-state index contributed by atoms with van der Waals surface area (Å²) in [6, 6.07) is 16.3. The Bertz CT molecular complexity index is 530. The molecular formula is C17H18O3. The summed E-state index contributed by atoms with van der Waals surface area (Å²) >= 11 is 0. The third-order valence-electron chi connectivity index (χ3n) is 3.51. The number of fused-ring (bicyclic) bond motifs is 2. The molecule has 1 aliphatic rings. The van der Waals surface area contributed by atoms with Crippen molar-refractivity contribution >= 4 is 0 Å². The number of ether oxygens (including phenoxy) is 3. The van der Waals surface area contributed by atoms with Gasteiger partial charge in [-0.05, 0) is 23.3 Å². The van der Waals surface area contributed by atoms with Crippen molar-refractivity contribution in [2.45, 2.75) is 12.5 Å². The van der Waals surface area contributed by atoms with Crippen LogP contribution in [0.1, 0.15) is 11.1 Å². The van der Waals surface area contributed by atoms with Gasteiger partial charge in [-0.2, -0.15) is 0 Å². The Labute approximate surface area is 119 Å². The van der Waals surface area contributed by atoms with E-state index in [1.54, 1.807) is 7.11 Å². The Balaban J connectivity index is 1.99. The van der Waals surface area contributed by atoms with Crippen molar-refractivity contribution in [3.8, 4) is 11.5 Å². The summed E-state index contributed by atoms with van der Waals surface area (Å²) in [5.74, 6) is 1.84. The van der Waals surface area contributed by atoms with Crippen molar-refractivity contribution in [2.24, 2.45) is 0 Å². The van der Waals surface area contributed by atoms with Crippen molar-refractivity contribution in [3.63, 3.8) is 0 Å². The zero-order chi connectivity index (χ0) is 13.8. The van der Waals surface area contributed by atoms with E-state index in [0.29, 0.717) is 13.2 Å². The Morgan fingerprint density at radius 1 is 0.850 bits per heavy atom. The minimum absolute atomic E-state index is 0.0748. The monoisotopic (exact) mass is 270 g/mol. The Morgan fingerprint density at radius 2 is 1.35 bits per heavy atom. The van der Waals surface area contributed by atoms with Crippen LogP contribution in [0.2, 0.25) is 0 Å². The van der Waals surface area contributed by atoms with Crippen molar-refractivity contribution in [3.05, 3.63) is 59.7 Å². The van der Waals surface area contributed by atoms with Gasteiger partial charge in [0.1, 0.15) is 30.8 Å². The molecule has 0 saturated carbocycles. The molecule has 3 nitrogen and oxygen atoms in total. The molecule has 0 fully saturated rings. The molecule has 20 heavy (non-hydrogen) atoms. The van der Waals surface area contributed by atoms with Gasteiger partial charge in [-0.25, -0.2) is 0 Å². The summed E-state index contributed by atoms with van der Waals surface area (Å²) in [5.41, 5.74) is 2.33. The molecule has 2 aromatic rings. The van der Waals surface area contributed by atoms with Crippen LogP contribution in [0.5, 0.6) is 11.5 Å². The molecule has 0 aromatic heterocycles. The molecule has 2 aromatic carbocycles. The predicted octanol–water partition coefficient (Wildman–Crippen LogP) is 3.06. The van der Waals surface area contributed by atoms with E-state index in [0.717, 1.165) is 17.9 Å². The molecule has 0 amide bonds. The Morgan fingerprint density at radius 3 is 1.85 bits per heavy atom. The van der Waals surface area contributed by atoms with E-state index >= 15 is 0 Å². The Kier molecular flexibility index (Phi) is 3.88. The minimum atomic E-state index is -0.0748. The maximum Gasteiger partial charge on any atom is 0.125 e. The fourth-order valence-electron chi connectivity index (χ4n) is 2.34. The highest BCUT2D eigenvalue weighted by molar-refractivity contribution is 5.42. The van der Waals surface area contributed by atoms with Crippen LogP contribution in [0.4, 0.5) is 0 Å². The van der Waals surface area contributed by atoms with E-state index in [2.05, 4.69) is 12.1 Å². The molecule has 0 N–H and O–H groups in total. The third-order valence-corrected chi connectivity index (χ3v) is 3.51. The second kappa shape index (κ2) is 5.97. The third kappa shape index (κ3) is 2.78. The first-order chi connectivity index (χ1) is 9.86. The molecule has 0 aliphatic carbocycles. The normalized spacial score (nSPS) is 15.4. The maximum atomic E-state index is 5.88. The number of hydrogen-bond donors (Lipinski definition) is 0. The quantitative estimate of drug-likeness (QED) is 0.797. The number of benzene rings is 2. The molecular weight excluding hydrogens is 252 g/mol. The number of para-hydroxylation sites is 2. The highest BCUT2D eigenvalue weighted by Gasteiger charge is 2.16. The zero-order valence-corrected chi connectivity index (χ0v) is 11.5. The standard InChI is InChI=1S/C17H18O3/c1-18-15-11-19-16-8-4-2-6-13(16)10-14-7-3-5-9-17(14)20-12-15/h2-9,15H,10-12H2,1H3. The fourth-order valence-corrected chi connectivity index (χ4v) is 2.34. The maximum absolute atomic E-state index is 5.88. The molecule has 0 unspecified atom stereocenters. The van der Waals surface area contributed by atoms with E-state index in [-0.39, 0.29) is 6.10 Å². The summed E-state index contributed by atoms with van der Waals surface area (Å²) < 4.78 is 17.2. The van der Waals surface area contributed by atoms with E-state index in [1.807, 2.05) is 36.4 Å². The molecule has 0 atom stereocenters. The van der Waals surface area contributed by atoms with Crippen LogP contribution in [0.25, 0.3) is 0 Å². The van der Waals surface area contributed by atoms with E-state index in [9.17, 15) is 0 Å². The first kappa shape index (κ1) is 13.0. The molecule has 3 rings (SSSR count). The Hall–Kier alpha value is -2.00. The summed E-state index contributed by atoms with van der Waals surface area (Å²) in [4.78, 5) is 0. The van der Waals surface area contributed by atoms with Crippen LogP contribution in [0, 0.1) is 0 Å². The lowest BCUT2D eigenvalue weighted by molar-refractivity contribution is 0.0227. The lowest BCUT2D eigenvalue weighted by Crippen LogP contribution is -2.28. The molecule has 0 saturated heterocycles. The highest BCUT2D eigenvalue weighted by Crippen LogP contribution is 2.27. The van der Waals surface area contributed by atoms with Gasteiger partial charge >= 0.3 is 0 Å². The first-order valence-corrected chi connectivity index (χ1v) is 6.81. The van der Waals surface area contributed by atoms with Gasteiger partial charge in [0.05, 0.1) is 0 Å². The number of rotatable bonds is 1. The molecule has 1 aliphatic heterocycles. The second-order valence-corrected chi connectivity index (χ2v) is 4.87. The SMILES string of the molecule is COC1COc2ccccc2Cc2ccccc2OC1. The molecule has 0 spiro atoms. The molecule has 0 bridgehead atoms. The van der Waals surface area contributed by atoms with E-state index < -0.39 is 0 Å². The van der Waals surface area contributed by atoms with Gasteiger partial charge in [0.25, 0.3) is 0 Å². The number of hydrogen-bond acceptors (Lipinski definition) is 3. The summed E-state index contributed by atoms with van der Waals surface area (Å²) in [6.07, 6.45) is 0.735. The predicted molar refractivity (Wildman–Crippen MR) is 77.5 cm³/mol. The molecule has 104 valence electrons. The topological polar surface area (TPSA) is 27.7 Å². The summed E-state index contributed by atoms with van der Waals surface area (Å²) in [5, 5.41) is 0. The van der Waals surface area contributed by atoms with Crippen molar-refractivity contribution in [2.75, 3.05) is 20.3 Å².